The van der Waals surface area contributed by atoms with E-state index in [1.807, 2.05) is 30.6 Å². The van der Waals surface area contributed by atoms with Crippen molar-refractivity contribution in [2.45, 2.75) is 51.2 Å². The zero-order valence-corrected chi connectivity index (χ0v) is 13.1. The molecule has 1 aromatic heterocycles. The summed E-state index contributed by atoms with van der Waals surface area (Å²) in [6, 6.07) is 1.08. The lowest BCUT2D eigenvalue weighted by molar-refractivity contribution is -0.119. The highest BCUT2D eigenvalue weighted by atomic mass is 16.2. The van der Waals surface area contributed by atoms with Gasteiger partial charge in [0.15, 0.2) is 0 Å². The predicted octanol–water partition coefficient (Wildman–Crippen LogP) is 0.695. The van der Waals surface area contributed by atoms with Gasteiger partial charge in [0.05, 0.1) is 12.2 Å². The Kier molecular flexibility index (Phi) is 3.89. The fourth-order valence-electron chi connectivity index (χ4n) is 2.70. The van der Waals surface area contributed by atoms with Crippen LogP contribution in [0.3, 0.4) is 0 Å². The van der Waals surface area contributed by atoms with Gasteiger partial charge in [0.1, 0.15) is 5.82 Å². The molecule has 21 heavy (non-hydrogen) atoms. The van der Waals surface area contributed by atoms with Crippen LogP contribution in [-0.2, 0) is 18.4 Å². The van der Waals surface area contributed by atoms with Crippen molar-refractivity contribution in [3.05, 3.63) is 11.3 Å². The Balaban J connectivity index is 1.67. The molecule has 0 atom stereocenters. The van der Waals surface area contributed by atoms with Crippen LogP contribution in [0.2, 0.25) is 0 Å². The van der Waals surface area contributed by atoms with Crippen LogP contribution in [0.5, 0.6) is 0 Å². The van der Waals surface area contributed by atoms with Crippen LogP contribution in [0.25, 0.3) is 0 Å². The number of anilines is 1. The number of amides is 1. The van der Waals surface area contributed by atoms with Gasteiger partial charge in [0.25, 0.3) is 0 Å². The van der Waals surface area contributed by atoms with Crippen molar-refractivity contribution in [2.75, 3.05) is 18.5 Å². The van der Waals surface area contributed by atoms with E-state index in [9.17, 15) is 4.79 Å². The number of carbonyl (C=O) groups excluding carboxylic acids is 1. The maximum absolute atomic E-state index is 12.0. The first kappa shape index (κ1) is 14.4. The fraction of sp³-hybridized carbons (Fsp3) is 0.733. The van der Waals surface area contributed by atoms with E-state index < -0.39 is 0 Å². The molecule has 0 unspecified atom stereocenters. The molecule has 3 rings (SSSR count). The van der Waals surface area contributed by atoms with Crippen molar-refractivity contribution >= 4 is 11.7 Å². The molecule has 1 heterocycles. The third-order valence-electron chi connectivity index (χ3n) is 4.14. The Morgan fingerprint density at radius 3 is 2.62 bits per heavy atom. The summed E-state index contributed by atoms with van der Waals surface area (Å²) >= 11 is 0. The number of aromatic nitrogens is 2. The Bertz CT molecular complexity index is 530. The van der Waals surface area contributed by atoms with Gasteiger partial charge in [-0.2, -0.15) is 5.10 Å². The van der Waals surface area contributed by atoms with Gasteiger partial charge in [0, 0.05) is 38.3 Å². The first-order valence-electron chi connectivity index (χ1n) is 7.81. The maximum Gasteiger partial charge on any atom is 0.239 e. The minimum Gasteiger partial charge on any atom is -0.352 e. The molecule has 2 aliphatic carbocycles. The average Bonchev–Trinajstić information content (AvgIpc) is 3.28. The van der Waals surface area contributed by atoms with Crippen LogP contribution in [0.15, 0.2) is 0 Å². The summed E-state index contributed by atoms with van der Waals surface area (Å²) in [7, 11) is 3.90. The summed E-state index contributed by atoms with van der Waals surface area (Å²) in [6.45, 7) is 3.24. The quantitative estimate of drug-likeness (QED) is 0.776. The largest absolute Gasteiger partial charge is 0.352 e. The molecule has 116 valence electrons. The van der Waals surface area contributed by atoms with Gasteiger partial charge >= 0.3 is 0 Å². The van der Waals surface area contributed by atoms with Gasteiger partial charge in [-0.15, -0.1) is 0 Å². The summed E-state index contributed by atoms with van der Waals surface area (Å²) in [5, 5.41) is 11.1. The molecule has 0 radical (unpaired) electrons. The van der Waals surface area contributed by atoms with E-state index in [1.54, 1.807) is 0 Å². The minimum absolute atomic E-state index is 0.0972. The number of nitrogens with one attached hydrogen (secondary N) is 2. The second-order valence-corrected chi connectivity index (χ2v) is 6.36. The van der Waals surface area contributed by atoms with E-state index in [0.717, 1.165) is 30.9 Å². The summed E-state index contributed by atoms with van der Waals surface area (Å²) in [5.74, 6) is 1.13. The molecule has 0 bridgehead atoms. The first-order valence-corrected chi connectivity index (χ1v) is 7.81. The predicted molar refractivity (Wildman–Crippen MR) is 82.2 cm³/mol. The van der Waals surface area contributed by atoms with Gasteiger partial charge in [-0.25, -0.2) is 0 Å². The topological polar surface area (TPSA) is 62.2 Å². The van der Waals surface area contributed by atoms with Crippen LogP contribution < -0.4 is 15.5 Å². The monoisotopic (exact) mass is 291 g/mol. The van der Waals surface area contributed by atoms with E-state index in [2.05, 4.69) is 15.7 Å². The van der Waals surface area contributed by atoms with E-state index in [4.69, 9.17) is 0 Å². The molecule has 6 heteroatoms. The molecule has 6 nitrogen and oxygen atoms in total. The molecular formula is C15H25N5O. The molecule has 0 aromatic carbocycles. The number of nitrogens with zero attached hydrogens (tertiary/aromatic N) is 3. The number of hydrogen-bond donors (Lipinski definition) is 2. The highest BCUT2D eigenvalue weighted by Gasteiger charge is 2.26. The Labute approximate surface area is 125 Å². The lowest BCUT2D eigenvalue weighted by atomic mass is 10.2. The van der Waals surface area contributed by atoms with Crippen LogP contribution >= 0.6 is 0 Å². The number of aryl methyl sites for hydroxylation is 2. The molecule has 0 aliphatic heterocycles. The molecule has 1 aromatic rings. The summed E-state index contributed by atoms with van der Waals surface area (Å²) in [4.78, 5) is 14.0. The zero-order chi connectivity index (χ0) is 15.0. The van der Waals surface area contributed by atoms with E-state index >= 15 is 0 Å². The van der Waals surface area contributed by atoms with Gasteiger partial charge < -0.3 is 15.5 Å². The molecule has 2 N–H and O–H groups in total. The fourth-order valence-corrected chi connectivity index (χ4v) is 2.70. The molecule has 0 spiro atoms. The Hall–Kier alpha value is -1.56. The maximum atomic E-state index is 12.0. The Morgan fingerprint density at radius 2 is 2.00 bits per heavy atom. The van der Waals surface area contributed by atoms with Gasteiger partial charge in [0.2, 0.25) is 5.91 Å². The van der Waals surface area contributed by atoms with Gasteiger partial charge in [-0.1, -0.05) is 0 Å². The highest BCUT2D eigenvalue weighted by Crippen LogP contribution is 2.25. The SMILES string of the molecule is Cc1nn(C)c(N(C)CC(=O)NC2CC2)c1CNC1CC1. The van der Waals surface area contributed by atoms with Crippen molar-refractivity contribution in [3.63, 3.8) is 0 Å². The van der Waals surface area contributed by atoms with Crippen molar-refractivity contribution in [1.82, 2.24) is 20.4 Å². The molecule has 2 saturated carbocycles. The molecule has 2 aliphatic rings. The second kappa shape index (κ2) is 5.67. The normalized spacial score (nSPS) is 17.9. The van der Waals surface area contributed by atoms with E-state index in [1.165, 1.54) is 18.4 Å². The second-order valence-electron chi connectivity index (χ2n) is 6.36. The lowest BCUT2D eigenvalue weighted by Crippen LogP contribution is -2.37. The third-order valence-corrected chi connectivity index (χ3v) is 4.14. The van der Waals surface area contributed by atoms with Crippen molar-refractivity contribution in [3.8, 4) is 0 Å². The van der Waals surface area contributed by atoms with Crippen molar-refractivity contribution in [2.24, 2.45) is 7.05 Å². The van der Waals surface area contributed by atoms with Crippen molar-refractivity contribution in [1.29, 1.82) is 0 Å². The van der Waals surface area contributed by atoms with Crippen molar-refractivity contribution < 1.29 is 4.79 Å². The first-order chi connectivity index (χ1) is 10.0. The molecular weight excluding hydrogens is 266 g/mol. The van der Waals surface area contributed by atoms with E-state index in [-0.39, 0.29) is 5.91 Å². The van der Waals surface area contributed by atoms with Gasteiger partial charge in [-0.05, 0) is 32.6 Å². The summed E-state index contributed by atoms with van der Waals surface area (Å²) in [6.07, 6.45) is 4.79. The summed E-state index contributed by atoms with van der Waals surface area (Å²) < 4.78 is 1.88. The standard InChI is InChI=1S/C15H25N5O/c1-10-13(8-16-11-4-5-11)15(20(3)18-10)19(2)9-14(21)17-12-6-7-12/h11-12,16H,4-9H2,1-3H3,(H,17,21). The van der Waals surface area contributed by atoms with Gasteiger partial charge in [-0.3, -0.25) is 9.48 Å². The zero-order valence-electron chi connectivity index (χ0n) is 13.1. The molecule has 0 saturated heterocycles. The third kappa shape index (κ3) is 3.56. The number of hydrogen-bond acceptors (Lipinski definition) is 4. The number of rotatable bonds is 7. The van der Waals surface area contributed by atoms with Crippen LogP contribution in [0.1, 0.15) is 36.9 Å². The minimum atomic E-state index is 0.0972. The number of carbonyl (C=O) groups is 1. The van der Waals surface area contributed by atoms with E-state index in [0.29, 0.717) is 18.6 Å². The Morgan fingerprint density at radius 1 is 1.33 bits per heavy atom. The molecule has 1 amide bonds. The lowest BCUT2D eigenvalue weighted by Gasteiger charge is -2.21. The number of likely N-dealkylation sites (N-methyl/N-ethyl adjacent to an activating group) is 1. The molecule has 2 fully saturated rings. The highest BCUT2D eigenvalue weighted by molar-refractivity contribution is 5.81. The summed E-state index contributed by atoms with van der Waals surface area (Å²) in [5.41, 5.74) is 2.24. The van der Waals surface area contributed by atoms with Crippen LogP contribution in [-0.4, -0.2) is 41.4 Å². The van der Waals surface area contributed by atoms with Crippen LogP contribution in [0.4, 0.5) is 5.82 Å². The average molecular weight is 291 g/mol. The smallest absolute Gasteiger partial charge is 0.239 e. The van der Waals surface area contributed by atoms with Crippen LogP contribution in [0, 0.1) is 6.92 Å².